The number of sulfone groups is 1. The summed E-state index contributed by atoms with van der Waals surface area (Å²) >= 11 is 0. The van der Waals surface area contributed by atoms with Gasteiger partial charge in [-0.05, 0) is 50.3 Å². The molecule has 0 fully saturated rings. The third-order valence-corrected chi connectivity index (χ3v) is 5.54. The molecule has 154 valence electrons. The number of aliphatic imine (C=N–C) groups is 1. The lowest BCUT2D eigenvalue weighted by Gasteiger charge is -2.27. The van der Waals surface area contributed by atoms with Crippen LogP contribution < -0.4 is 15.5 Å². The molecule has 0 amide bonds. The number of anilines is 1. The molecular weight excluding hydrogens is 475 g/mol. The fourth-order valence-electron chi connectivity index (χ4n) is 3.12. The van der Waals surface area contributed by atoms with Gasteiger partial charge in [-0.25, -0.2) is 13.4 Å². The molecule has 27 heavy (non-hydrogen) atoms. The second kappa shape index (κ2) is 11.1. The number of hydrogen-bond acceptors (Lipinski definition) is 4. The maximum atomic E-state index is 11.3. The first-order chi connectivity index (χ1) is 12.3. The van der Waals surface area contributed by atoms with Gasteiger partial charge in [0, 0.05) is 38.1 Å². The molecule has 8 heteroatoms. The number of fused-ring (bicyclic) bond motifs is 1. The van der Waals surface area contributed by atoms with E-state index in [0.717, 1.165) is 25.5 Å². The third-order valence-electron chi connectivity index (χ3n) is 4.56. The van der Waals surface area contributed by atoms with Crippen molar-refractivity contribution in [1.29, 1.82) is 0 Å². The number of rotatable bonds is 7. The predicted molar refractivity (Wildman–Crippen MR) is 125 cm³/mol. The Bertz CT molecular complexity index is 737. The zero-order valence-corrected chi connectivity index (χ0v) is 19.9. The summed E-state index contributed by atoms with van der Waals surface area (Å²) < 4.78 is 22.6. The minimum absolute atomic E-state index is 0. The Morgan fingerprint density at radius 3 is 2.78 bits per heavy atom. The van der Waals surface area contributed by atoms with E-state index in [1.807, 2.05) is 13.8 Å². The maximum Gasteiger partial charge on any atom is 0.191 e. The van der Waals surface area contributed by atoms with Crippen molar-refractivity contribution in [2.75, 3.05) is 37.0 Å². The van der Waals surface area contributed by atoms with Crippen molar-refractivity contribution in [2.45, 2.75) is 45.7 Å². The van der Waals surface area contributed by atoms with Crippen molar-refractivity contribution in [3.05, 3.63) is 29.3 Å². The molecule has 0 saturated carbocycles. The molecule has 1 aliphatic rings. The molecule has 0 aliphatic carbocycles. The van der Waals surface area contributed by atoms with E-state index in [1.54, 1.807) is 0 Å². The van der Waals surface area contributed by atoms with Gasteiger partial charge in [0.2, 0.25) is 0 Å². The van der Waals surface area contributed by atoms with Gasteiger partial charge >= 0.3 is 0 Å². The topological polar surface area (TPSA) is 73.8 Å². The average molecular weight is 508 g/mol. The van der Waals surface area contributed by atoms with Crippen molar-refractivity contribution < 1.29 is 8.42 Å². The molecule has 2 rings (SSSR count). The molecule has 6 nitrogen and oxygen atoms in total. The van der Waals surface area contributed by atoms with Crippen LogP contribution >= 0.6 is 24.0 Å². The van der Waals surface area contributed by atoms with Crippen molar-refractivity contribution in [3.8, 4) is 0 Å². The van der Waals surface area contributed by atoms with Gasteiger partial charge < -0.3 is 15.5 Å². The summed E-state index contributed by atoms with van der Waals surface area (Å²) in [4.78, 5) is 6.97. The van der Waals surface area contributed by atoms with Crippen LogP contribution in [0.25, 0.3) is 0 Å². The van der Waals surface area contributed by atoms with Crippen LogP contribution in [0.3, 0.4) is 0 Å². The summed E-state index contributed by atoms with van der Waals surface area (Å²) in [6.45, 7) is 6.48. The molecule has 0 aromatic heterocycles. The molecule has 1 heterocycles. The summed E-state index contributed by atoms with van der Waals surface area (Å²) in [7, 11) is -0.800. The van der Waals surface area contributed by atoms with Gasteiger partial charge in [-0.2, -0.15) is 0 Å². The Kier molecular flexibility index (Phi) is 9.86. The number of nitrogens with one attached hydrogen (secondary N) is 2. The maximum absolute atomic E-state index is 11.3. The van der Waals surface area contributed by atoms with E-state index in [2.05, 4.69) is 45.8 Å². The van der Waals surface area contributed by atoms with Crippen molar-refractivity contribution in [2.24, 2.45) is 4.99 Å². The minimum Gasteiger partial charge on any atom is -0.374 e. The highest BCUT2D eigenvalue weighted by Crippen LogP contribution is 2.26. The number of aryl methyl sites for hydroxylation is 1. The number of hydrogen-bond donors (Lipinski definition) is 2. The van der Waals surface area contributed by atoms with E-state index in [9.17, 15) is 8.42 Å². The zero-order valence-electron chi connectivity index (χ0n) is 16.8. The average Bonchev–Trinajstić information content (AvgIpc) is 2.57. The predicted octanol–water partition coefficient (Wildman–Crippen LogP) is 2.57. The first kappa shape index (κ1) is 24.0. The molecule has 1 unspecified atom stereocenters. The van der Waals surface area contributed by atoms with E-state index in [0.29, 0.717) is 13.0 Å². The second-order valence-corrected chi connectivity index (χ2v) is 9.41. The zero-order chi connectivity index (χ0) is 19.2. The highest BCUT2D eigenvalue weighted by molar-refractivity contribution is 14.0. The molecule has 1 aromatic carbocycles. The van der Waals surface area contributed by atoms with Crippen molar-refractivity contribution >= 4 is 45.5 Å². The quantitative estimate of drug-likeness (QED) is 0.337. The SMILES string of the molecule is CCNC(=NCc1ccc2c(c1)CCCN2C)NC(C)CCS(C)(=O)=O.I. The molecule has 0 radical (unpaired) electrons. The van der Waals surface area contributed by atoms with E-state index in [4.69, 9.17) is 0 Å². The van der Waals surface area contributed by atoms with Crippen molar-refractivity contribution in [1.82, 2.24) is 10.6 Å². The standard InChI is InChI=1S/C19H32N4O2S.HI/c1-5-20-19(22-15(2)10-12-26(4,24)25)21-14-16-8-9-18-17(13-16)7-6-11-23(18)3;/h8-9,13,15H,5-7,10-12,14H2,1-4H3,(H2,20,21,22);1H. The number of halogens is 1. The Balaban J connectivity index is 0.00000364. The molecule has 2 N–H and O–H groups in total. The Morgan fingerprint density at radius 1 is 1.37 bits per heavy atom. The van der Waals surface area contributed by atoms with Crippen LogP contribution in [0.2, 0.25) is 0 Å². The largest absolute Gasteiger partial charge is 0.374 e. The van der Waals surface area contributed by atoms with Crippen molar-refractivity contribution in [3.63, 3.8) is 0 Å². The summed E-state index contributed by atoms with van der Waals surface area (Å²) in [6.07, 6.45) is 4.15. The summed E-state index contributed by atoms with van der Waals surface area (Å²) in [5, 5.41) is 6.53. The molecule has 1 aliphatic heterocycles. The third kappa shape index (κ3) is 8.25. The molecule has 1 atom stereocenters. The van der Waals surface area contributed by atoms with Crippen LogP contribution in [-0.4, -0.2) is 52.6 Å². The molecule has 0 spiro atoms. The van der Waals surface area contributed by atoms with Gasteiger partial charge in [0.05, 0.1) is 12.3 Å². The number of nitrogens with zero attached hydrogens (tertiary/aromatic N) is 2. The van der Waals surface area contributed by atoms with Crippen LogP contribution in [-0.2, 0) is 22.8 Å². The summed E-state index contributed by atoms with van der Waals surface area (Å²) in [5.74, 6) is 0.905. The fraction of sp³-hybridized carbons (Fsp3) is 0.632. The fourth-order valence-corrected chi connectivity index (χ4v) is 3.91. The highest BCUT2D eigenvalue weighted by Gasteiger charge is 2.14. The Hall–Kier alpha value is -1.03. The van der Waals surface area contributed by atoms with Gasteiger partial charge in [-0.3, -0.25) is 0 Å². The summed E-state index contributed by atoms with van der Waals surface area (Å²) in [6, 6.07) is 6.63. The first-order valence-electron chi connectivity index (χ1n) is 9.34. The lowest BCUT2D eigenvalue weighted by atomic mass is 10.00. The van der Waals surface area contributed by atoms with Gasteiger partial charge in [-0.1, -0.05) is 12.1 Å². The normalized spacial score (nSPS) is 15.6. The molecular formula is C19H33IN4O2S. The first-order valence-corrected chi connectivity index (χ1v) is 11.4. The Labute approximate surface area is 181 Å². The van der Waals surface area contributed by atoms with E-state index in [-0.39, 0.29) is 35.8 Å². The molecule has 1 aromatic rings. The Morgan fingerprint density at radius 2 is 2.11 bits per heavy atom. The van der Waals surface area contributed by atoms with Gasteiger partial charge in [0.25, 0.3) is 0 Å². The van der Waals surface area contributed by atoms with Gasteiger partial charge in [0.1, 0.15) is 9.84 Å². The number of benzene rings is 1. The second-order valence-electron chi connectivity index (χ2n) is 7.15. The van der Waals surface area contributed by atoms with Crippen LogP contribution in [0.1, 0.15) is 37.8 Å². The summed E-state index contributed by atoms with van der Waals surface area (Å²) in [5.41, 5.74) is 3.91. The van der Waals surface area contributed by atoms with E-state index >= 15 is 0 Å². The van der Waals surface area contributed by atoms with E-state index in [1.165, 1.54) is 29.5 Å². The van der Waals surface area contributed by atoms with Crippen LogP contribution in [0, 0.1) is 0 Å². The van der Waals surface area contributed by atoms with E-state index < -0.39 is 9.84 Å². The van der Waals surface area contributed by atoms with Gasteiger partial charge in [0.15, 0.2) is 5.96 Å². The molecule has 0 saturated heterocycles. The minimum atomic E-state index is -2.94. The van der Waals surface area contributed by atoms with Crippen LogP contribution in [0.4, 0.5) is 5.69 Å². The highest BCUT2D eigenvalue weighted by atomic mass is 127. The molecule has 0 bridgehead atoms. The lowest BCUT2D eigenvalue weighted by molar-refractivity contribution is 0.581. The lowest BCUT2D eigenvalue weighted by Crippen LogP contribution is -2.42. The van der Waals surface area contributed by atoms with Crippen LogP contribution in [0.15, 0.2) is 23.2 Å². The van der Waals surface area contributed by atoms with Gasteiger partial charge in [-0.15, -0.1) is 24.0 Å². The monoisotopic (exact) mass is 508 g/mol. The number of guanidine groups is 1. The smallest absolute Gasteiger partial charge is 0.191 e. The van der Waals surface area contributed by atoms with Crippen LogP contribution in [0.5, 0.6) is 0 Å².